The third-order valence-electron chi connectivity index (χ3n) is 3.31. The molecule has 0 radical (unpaired) electrons. The summed E-state index contributed by atoms with van der Waals surface area (Å²) in [6.07, 6.45) is -9.72. The van der Waals surface area contributed by atoms with Crippen molar-refractivity contribution in [1.82, 2.24) is 0 Å². The summed E-state index contributed by atoms with van der Waals surface area (Å²) in [4.78, 5) is 10.6. The molecule has 9 N–H and O–H groups in total. The van der Waals surface area contributed by atoms with Crippen LogP contribution in [-0.4, -0.2) is 93.9 Å². The minimum Gasteiger partial charge on any atom is -0.394 e. The van der Waals surface area contributed by atoms with Gasteiger partial charge in [0, 0.05) is 6.54 Å². The minimum absolute atomic E-state index is 0.115. The molecule has 1 rings (SSSR count). The van der Waals surface area contributed by atoms with Crippen LogP contribution in [0.15, 0.2) is 0 Å². The first-order chi connectivity index (χ1) is 9.87. The number of ether oxygens (including phenoxy) is 2. The molecular formula is C11H22N2O8. The number of carbonyl (C=O) groups excluding carboxylic acids is 1. The largest absolute Gasteiger partial charge is 0.394 e. The molecule has 0 saturated carbocycles. The Hall–Kier alpha value is -0.690. The topological polar surface area (TPSA) is 189 Å². The van der Waals surface area contributed by atoms with Crippen molar-refractivity contribution in [2.45, 2.75) is 49.0 Å². The van der Waals surface area contributed by atoms with E-state index < -0.39 is 55.6 Å². The first kappa shape index (κ1) is 18.4. The molecule has 1 fully saturated rings. The van der Waals surface area contributed by atoms with Crippen molar-refractivity contribution in [3.63, 3.8) is 0 Å². The van der Waals surface area contributed by atoms with E-state index in [0.717, 1.165) is 0 Å². The third-order valence-corrected chi connectivity index (χ3v) is 3.31. The highest BCUT2D eigenvalue weighted by atomic mass is 16.7. The molecule has 1 aliphatic rings. The van der Waals surface area contributed by atoms with Crippen LogP contribution in [0.3, 0.4) is 0 Å². The molecule has 1 saturated heterocycles. The smallest absolute Gasteiger partial charge is 0.176 e. The molecule has 0 unspecified atom stereocenters. The van der Waals surface area contributed by atoms with E-state index >= 15 is 0 Å². The Morgan fingerprint density at radius 3 is 2.38 bits per heavy atom. The standard InChI is InChI=1S/C11H22N2O8/c12-1-6-8(18)9(19)7(13)11(20-6)21-10(4(16)2-14)5(17)3-15/h2,4-11,15-19H,1,3,12-13H2/t4-,5+,6-,7+,8+,9+,10-,11+/m0/s1. The van der Waals surface area contributed by atoms with Crippen LogP contribution in [0.1, 0.15) is 0 Å². The number of rotatable bonds is 7. The predicted molar refractivity (Wildman–Crippen MR) is 67.7 cm³/mol. The maximum Gasteiger partial charge on any atom is 0.176 e. The van der Waals surface area contributed by atoms with Gasteiger partial charge in [0.1, 0.15) is 36.6 Å². The Balaban J connectivity index is 2.83. The fraction of sp³-hybridized carbons (Fsp3) is 0.909. The van der Waals surface area contributed by atoms with Crippen molar-refractivity contribution >= 4 is 6.29 Å². The Morgan fingerprint density at radius 2 is 1.90 bits per heavy atom. The van der Waals surface area contributed by atoms with Gasteiger partial charge in [0.25, 0.3) is 0 Å². The van der Waals surface area contributed by atoms with Gasteiger partial charge in [-0.25, -0.2) is 0 Å². The summed E-state index contributed by atoms with van der Waals surface area (Å²) in [5.74, 6) is 0. The number of hydrogen-bond donors (Lipinski definition) is 7. The van der Waals surface area contributed by atoms with E-state index in [4.69, 9.17) is 26.0 Å². The van der Waals surface area contributed by atoms with Crippen LogP contribution >= 0.6 is 0 Å². The van der Waals surface area contributed by atoms with E-state index in [1.165, 1.54) is 0 Å². The van der Waals surface area contributed by atoms with Crippen LogP contribution in [0.25, 0.3) is 0 Å². The van der Waals surface area contributed by atoms with Crippen molar-refractivity contribution in [3.05, 3.63) is 0 Å². The average Bonchev–Trinajstić information content (AvgIpc) is 2.50. The second-order valence-corrected chi connectivity index (χ2v) is 4.81. The maximum absolute atomic E-state index is 10.6. The van der Waals surface area contributed by atoms with Crippen LogP contribution in [-0.2, 0) is 14.3 Å². The molecule has 0 aromatic heterocycles. The summed E-state index contributed by atoms with van der Waals surface area (Å²) in [6, 6.07) is -1.20. The van der Waals surface area contributed by atoms with E-state index in [0.29, 0.717) is 0 Å². The number of carbonyl (C=O) groups is 1. The van der Waals surface area contributed by atoms with Crippen LogP contribution in [0.5, 0.6) is 0 Å². The molecule has 21 heavy (non-hydrogen) atoms. The Bertz CT molecular complexity index is 331. The van der Waals surface area contributed by atoms with Gasteiger partial charge in [0.05, 0.1) is 12.6 Å². The van der Waals surface area contributed by atoms with Crippen LogP contribution < -0.4 is 11.5 Å². The van der Waals surface area contributed by atoms with Crippen molar-refractivity contribution in [2.24, 2.45) is 11.5 Å². The van der Waals surface area contributed by atoms with Crippen molar-refractivity contribution in [1.29, 1.82) is 0 Å². The zero-order valence-corrected chi connectivity index (χ0v) is 11.2. The van der Waals surface area contributed by atoms with E-state index in [9.17, 15) is 25.2 Å². The fourth-order valence-electron chi connectivity index (χ4n) is 2.00. The normalized spacial score (nSPS) is 37.8. The highest BCUT2D eigenvalue weighted by Gasteiger charge is 2.44. The molecule has 124 valence electrons. The van der Waals surface area contributed by atoms with Crippen molar-refractivity contribution in [3.8, 4) is 0 Å². The minimum atomic E-state index is -1.73. The highest BCUT2D eigenvalue weighted by molar-refractivity contribution is 5.56. The van der Waals surface area contributed by atoms with E-state index in [1.54, 1.807) is 0 Å². The zero-order chi connectivity index (χ0) is 16.2. The Morgan fingerprint density at radius 1 is 1.29 bits per heavy atom. The lowest BCUT2D eigenvalue weighted by atomic mass is 9.97. The van der Waals surface area contributed by atoms with E-state index in [1.807, 2.05) is 0 Å². The molecule has 8 atom stereocenters. The molecule has 0 aliphatic carbocycles. The Labute approximate surface area is 120 Å². The lowest BCUT2D eigenvalue weighted by molar-refractivity contribution is -0.286. The molecule has 0 aromatic rings. The predicted octanol–water partition coefficient (Wildman–Crippen LogP) is -4.98. The van der Waals surface area contributed by atoms with Gasteiger partial charge in [-0.3, -0.25) is 0 Å². The molecule has 1 heterocycles. The zero-order valence-electron chi connectivity index (χ0n) is 11.2. The number of nitrogens with two attached hydrogens (primary N) is 2. The fourth-order valence-corrected chi connectivity index (χ4v) is 2.00. The molecule has 0 amide bonds. The monoisotopic (exact) mass is 310 g/mol. The average molecular weight is 310 g/mol. The van der Waals surface area contributed by atoms with Crippen LogP contribution in [0.2, 0.25) is 0 Å². The molecular weight excluding hydrogens is 288 g/mol. The van der Waals surface area contributed by atoms with Gasteiger partial charge in [-0.2, -0.15) is 0 Å². The molecule has 10 heteroatoms. The van der Waals surface area contributed by atoms with Crippen molar-refractivity contribution < 1.29 is 39.8 Å². The van der Waals surface area contributed by atoms with E-state index in [2.05, 4.69) is 0 Å². The molecule has 10 nitrogen and oxygen atoms in total. The first-order valence-corrected chi connectivity index (χ1v) is 6.42. The lowest BCUT2D eigenvalue weighted by Crippen LogP contribution is -2.64. The summed E-state index contributed by atoms with van der Waals surface area (Å²) in [5.41, 5.74) is 11.0. The Kier molecular flexibility index (Phi) is 7.06. The summed E-state index contributed by atoms with van der Waals surface area (Å²) < 4.78 is 10.4. The summed E-state index contributed by atoms with van der Waals surface area (Å²) in [6.45, 7) is -0.905. The van der Waals surface area contributed by atoms with Gasteiger partial charge < -0.3 is 51.3 Å². The number of aliphatic hydroxyl groups is 5. The van der Waals surface area contributed by atoms with Gasteiger partial charge in [-0.05, 0) is 0 Å². The molecule has 0 spiro atoms. The van der Waals surface area contributed by atoms with Gasteiger partial charge in [-0.15, -0.1) is 0 Å². The lowest BCUT2D eigenvalue weighted by Gasteiger charge is -2.42. The summed E-state index contributed by atoms with van der Waals surface area (Å²) >= 11 is 0. The third kappa shape index (κ3) is 4.16. The number of aliphatic hydroxyl groups excluding tert-OH is 5. The molecule has 1 aliphatic heterocycles. The second-order valence-electron chi connectivity index (χ2n) is 4.81. The van der Waals surface area contributed by atoms with Crippen LogP contribution in [0, 0.1) is 0 Å². The quantitative estimate of drug-likeness (QED) is 0.224. The molecule has 0 bridgehead atoms. The number of aldehydes is 1. The SMILES string of the molecule is NC[C@@H]1O[C@H](O[C@H]([C@H](O)CO)[C@@H](O)C=O)[C@H](N)[C@@H](O)[C@@H]1O. The van der Waals surface area contributed by atoms with Crippen LogP contribution in [0.4, 0.5) is 0 Å². The second kappa shape index (κ2) is 8.08. The van der Waals surface area contributed by atoms with Crippen molar-refractivity contribution in [2.75, 3.05) is 13.2 Å². The molecule has 0 aromatic carbocycles. The van der Waals surface area contributed by atoms with Gasteiger partial charge in [-0.1, -0.05) is 0 Å². The van der Waals surface area contributed by atoms with E-state index in [-0.39, 0.29) is 12.8 Å². The van der Waals surface area contributed by atoms with Gasteiger partial charge >= 0.3 is 0 Å². The summed E-state index contributed by atoms with van der Waals surface area (Å²) in [5, 5.41) is 47.4. The maximum atomic E-state index is 10.6. The highest BCUT2D eigenvalue weighted by Crippen LogP contribution is 2.22. The number of hydrogen-bond acceptors (Lipinski definition) is 10. The van der Waals surface area contributed by atoms with Gasteiger partial charge in [0.15, 0.2) is 12.6 Å². The first-order valence-electron chi connectivity index (χ1n) is 6.42. The summed E-state index contributed by atoms with van der Waals surface area (Å²) in [7, 11) is 0. The van der Waals surface area contributed by atoms with Gasteiger partial charge in [0.2, 0.25) is 0 Å².